The van der Waals surface area contributed by atoms with E-state index in [-0.39, 0.29) is 22.5 Å². The Labute approximate surface area is 138 Å². The molecule has 0 atom stereocenters. The summed E-state index contributed by atoms with van der Waals surface area (Å²) < 4.78 is 30.3. The minimum Gasteiger partial charge on any atom is -0.495 e. The number of amides is 1. The number of methoxy groups -OCH3 is 1. The van der Waals surface area contributed by atoms with Gasteiger partial charge in [0.2, 0.25) is 5.91 Å². The van der Waals surface area contributed by atoms with Gasteiger partial charge in [-0.05, 0) is 31.0 Å². The molecule has 0 aliphatic heterocycles. The van der Waals surface area contributed by atoms with Gasteiger partial charge < -0.3 is 4.74 Å². The number of hydrogen-bond acceptors (Lipinski definition) is 4. The first-order valence-electron chi connectivity index (χ1n) is 7.09. The predicted octanol–water partition coefficient (Wildman–Crippen LogP) is 2.35. The van der Waals surface area contributed by atoms with Crippen LogP contribution in [-0.2, 0) is 14.8 Å². The van der Waals surface area contributed by atoms with Crippen LogP contribution in [0.5, 0.6) is 5.75 Å². The minimum atomic E-state index is -3.90. The molecule has 1 aliphatic carbocycles. The van der Waals surface area contributed by atoms with Gasteiger partial charge in [0.05, 0.1) is 7.11 Å². The molecule has 0 heterocycles. The lowest BCUT2D eigenvalue weighted by molar-refractivity contribution is -0.126. The number of ether oxygens (including phenoxy) is 1. The molecule has 8 heteroatoms. The fourth-order valence-corrected chi connectivity index (χ4v) is 4.06. The summed E-state index contributed by atoms with van der Waals surface area (Å²) in [5.74, 6) is -0.194. The van der Waals surface area contributed by atoms with Crippen LogP contribution in [0, 0.1) is 5.92 Å². The molecule has 0 radical (unpaired) electrons. The highest BCUT2D eigenvalue weighted by atomic mass is 79.9. The van der Waals surface area contributed by atoms with E-state index in [1.165, 1.54) is 13.2 Å². The summed E-state index contributed by atoms with van der Waals surface area (Å²) in [6.45, 7) is 0. The lowest BCUT2D eigenvalue weighted by Gasteiger charge is -2.21. The molecule has 0 bridgehead atoms. The third-order valence-electron chi connectivity index (χ3n) is 3.70. The second kappa shape index (κ2) is 7.43. The molecule has 1 aromatic rings. The van der Waals surface area contributed by atoms with Gasteiger partial charge in [-0.15, -0.1) is 4.83 Å². The number of carbonyl (C=O) groups excluding carboxylic acids is 1. The van der Waals surface area contributed by atoms with Gasteiger partial charge in [-0.3, -0.25) is 10.2 Å². The zero-order valence-corrected chi connectivity index (χ0v) is 14.7. The first-order chi connectivity index (χ1) is 10.4. The van der Waals surface area contributed by atoms with Crippen LogP contribution in [0.3, 0.4) is 0 Å². The molecule has 22 heavy (non-hydrogen) atoms. The number of rotatable bonds is 5. The van der Waals surface area contributed by atoms with Crippen molar-refractivity contribution in [3.05, 3.63) is 22.7 Å². The highest BCUT2D eigenvalue weighted by Gasteiger charge is 2.24. The van der Waals surface area contributed by atoms with E-state index in [0.717, 1.165) is 32.1 Å². The molecular weight excluding hydrogens is 372 g/mol. The fraction of sp³-hybridized carbons (Fsp3) is 0.500. The maximum Gasteiger partial charge on any atom is 0.261 e. The zero-order valence-electron chi connectivity index (χ0n) is 12.3. The summed E-state index contributed by atoms with van der Waals surface area (Å²) in [6, 6.07) is 4.65. The normalized spacial score (nSPS) is 16.3. The van der Waals surface area contributed by atoms with E-state index in [9.17, 15) is 13.2 Å². The molecule has 0 unspecified atom stereocenters. The van der Waals surface area contributed by atoms with E-state index in [1.54, 1.807) is 12.1 Å². The topological polar surface area (TPSA) is 84.5 Å². The van der Waals surface area contributed by atoms with Crippen molar-refractivity contribution in [1.29, 1.82) is 0 Å². The Balaban J connectivity index is 2.08. The predicted molar refractivity (Wildman–Crippen MR) is 85.7 cm³/mol. The van der Waals surface area contributed by atoms with Gasteiger partial charge in [-0.1, -0.05) is 35.2 Å². The molecular formula is C14H19BrN2O4S. The van der Waals surface area contributed by atoms with E-state index in [1.807, 2.05) is 0 Å². The smallest absolute Gasteiger partial charge is 0.261 e. The van der Waals surface area contributed by atoms with E-state index in [2.05, 4.69) is 26.2 Å². The van der Waals surface area contributed by atoms with Crippen LogP contribution in [0.4, 0.5) is 0 Å². The number of sulfonamides is 1. The maximum absolute atomic E-state index is 12.3. The second-order valence-corrected chi connectivity index (χ2v) is 7.79. The SMILES string of the molecule is COc1ccc(Br)cc1S(=O)(=O)NNC(=O)C1CCCCC1. The van der Waals surface area contributed by atoms with Crippen molar-refractivity contribution in [3.63, 3.8) is 0 Å². The van der Waals surface area contributed by atoms with Crippen LogP contribution in [0.1, 0.15) is 32.1 Å². The van der Waals surface area contributed by atoms with E-state index < -0.39 is 10.0 Å². The van der Waals surface area contributed by atoms with E-state index >= 15 is 0 Å². The second-order valence-electron chi connectivity index (χ2n) is 5.22. The number of carbonyl (C=O) groups is 1. The van der Waals surface area contributed by atoms with Crippen molar-refractivity contribution in [3.8, 4) is 5.75 Å². The zero-order chi connectivity index (χ0) is 16.2. The van der Waals surface area contributed by atoms with Crippen LogP contribution in [0.15, 0.2) is 27.6 Å². The van der Waals surface area contributed by atoms with Gasteiger partial charge in [0.25, 0.3) is 10.0 Å². The Morgan fingerprint density at radius 3 is 2.59 bits per heavy atom. The molecule has 0 saturated heterocycles. The van der Waals surface area contributed by atoms with Crippen molar-refractivity contribution < 1.29 is 17.9 Å². The number of hydrazine groups is 1. The van der Waals surface area contributed by atoms with Gasteiger partial charge in [-0.2, -0.15) is 0 Å². The average molecular weight is 391 g/mol. The van der Waals surface area contributed by atoms with Gasteiger partial charge in [0, 0.05) is 10.4 Å². The van der Waals surface area contributed by atoms with E-state index in [4.69, 9.17) is 4.74 Å². The van der Waals surface area contributed by atoms with E-state index in [0.29, 0.717) is 4.47 Å². The Hall–Kier alpha value is -1.12. The molecule has 1 aliphatic rings. The molecule has 1 fully saturated rings. The highest BCUT2D eigenvalue weighted by Crippen LogP contribution is 2.27. The van der Waals surface area contributed by atoms with Crippen molar-refractivity contribution in [2.24, 2.45) is 5.92 Å². The van der Waals surface area contributed by atoms with Crippen LogP contribution >= 0.6 is 15.9 Å². The summed E-state index contributed by atoms with van der Waals surface area (Å²) in [5.41, 5.74) is 2.31. The lowest BCUT2D eigenvalue weighted by atomic mass is 9.89. The summed E-state index contributed by atoms with van der Waals surface area (Å²) in [5, 5.41) is 0. The molecule has 2 N–H and O–H groups in total. The summed E-state index contributed by atoms with van der Waals surface area (Å²) >= 11 is 3.23. The molecule has 122 valence electrons. The van der Waals surface area contributed by atoms with Crippen LogP contribution in [0.25, 0.3) is 0 Å². The number of benzene rings is 1. The number of nitrogens with one attached hydrogen (secondary N) is 2. The monoisotopic (exact) mass is 390 g/mol. The Morgan fingerprint density at radius 1 is 1.27 bits per heavy atom. The average Bonchev–Trinajstić information content (AvgIpc) is 2.53. The third kappa shape index (κ3) is 4.21. The Kier molecular flexibility index (Phi) is 5.82. The van der Waals surface area contributed by atoms with Crippen molar-refractivity contribution in [2.45, 2.75) is 37.0 Å². The van der Waals surface area contributed by atoms with Gasteiger partial charge >= 0.3 is 0 Å². The summed E-state index contributed by atoms with van der Waals surface area (Å²) in [6.07, 6.45) is 4.74. The maximum atomic E-state index is 12.3. The highest BCUT2D eigenvalue weighted by molar-refractivity contribution is 9.10. The molecule has 0 aromatic heterocycles. The molecule has 1 amide bonds. The standard InChI is InChI=1S/C14H19BrN2O4S/c1-21-12-8-7-11(15)9-13(12)22(19,20)17-16-14(18)10-5-3-2-4-6-10/h7-10,17H,2-6H2,1H3,(H,16,18). The number of hydrogen-bond donors (Lipinski definition) is 2. The van der Waals surface area contributed by atoms with Gasteiger partial charge in [0.15, 0.2) is 0 Å². The first-order valence-corrected chi connectivity index (χ1v) is 9.37. The molecule has 2 rings (SSSR count). The molecule has 1 aromatic carbocycles. The third-order valence-corrected chi connectivity index (χ3v) is 5.46. The largest absolute Gasteiger partial charge is 0.495 e. The van der Waals surface area contributed by atoms with Gasteiger partial charge in [-0.25, -0.2) is 8.42 Å². The van der Waals surface area contributed by atoms with Crippen molar-refractivity contribution in [1.82, 2.24) is 10.3 Å². The Morgan fingerprint density at radius 2 is 1.95 bits per heavy atom. The first kappa shape index (κ1) is 17.2. The Bertz CT molecular complexity index is 642. The quantitative estimate of drug-likeness (QED) is 0.755. The fourth-order valence-electron chi connectivity index (χ4n) is 2.50. The lowest BCUT2D eigenvalue weighted by Crippen LogP contribution is -2.44. The molecule has 1 saturated carbocycles. The minimum absolute atomic E-state index is 0.0340. The molecule has 0 spiro atoms. The number of halogens is 1. The summed E-state index contributed by atoms with van der Waals surface area (Å²) in [7, 11) is -2.50. The van der Waals surface area contributed by atoms with Crippen molar-refractivity contribution >= 4 is 31.9 Å². The van der Waals surface area contributed by atoms with Crippen LogP contribution in [-0.4, -0.2) is 21.4 Å². The molecule has 6 nitrogen and oxygen atoms in total. The van der Waals surface area contributed by atoms with Crippen LogP contribution < -0.4 is 15.0 Å². The van der Waals surface area contributed by atoms with Crippen molar-refractivity contribution in [2.75, 3.05) is 7.11 Å². The van der Waals surface area contributed by atoms with Gasteiger partial charge in [0.1, 0.15) is 10.6 Å². The summed E-state index contributed by atoms with van der Waals surface area (Å²) in [4.78, 5) is 14.1. The van der Waals surface area contributed by atoms with Crippen LogP contribution in [0.2, 0.25) is 0 Å².